The normalized spacial score (nSPS) is 20.6. The highest BCUT2D eigenvalue weighted by Crippen LogP contribution is 2.37. The Labute approximate surface area is 152 Å². The van der Waals surface area contributed by atoms with Crippen molar-refractivity contribution >= 4 is 22.8 Å². The molecule has 0 bridgehead atoms. The number of hydrogen-bond donors (Lipinski definition) is 3. The number of hydrogen-bond acceptors (Lipinski definition) is 6. The van der Waals surface area contributed by atoms with Gasteiger partial charge in [0, 0.05) is 18.5 Å². The highest BCUT2D eigenvalue weighted by molar-refractivity contribution is 5.87. The van der Waals surface area contributed by atoms with E-state index in [0.717, 1.165) is 50.0 Å². The zero-order valence-electron chi connectivity index (χ0n) is 14.7. The third kappa shape index (κ3) is 3.22. The van der Waals surface area contributed by atoms with Crippen molar-refractivity contribution in [3.05, 3.63) is 42.1 Å². The van der Waals surface area contributed by atoms with Gasteiger partial charge in [-0.2, -0.15) is 15.1 Å². The van der Waals surface area contributed by atoms with E-state index >= 15 is 0 Å². The zero-order chi connectivity index (χ0) is 18.0. The summed E-state index contributed by atoms with van der Waals surface area (Å²) in [6.45, 7) is 1.82. The van der Waals surface area contributed by atoms with Gasteiger partial charge in [0.1, 0.15) is 5.82 Å². The van der Waals surface area contributed by atoms with Gasteiger partial charge in [0.05, 0.1) is 18.2 Å². The minimum absolute atomic E-state index is 0.135. The second kappa shape index (κ2) is 6.92. The molecule has 7 nitrogen and oxygen atoms in total. The molecular weight excluding hydrogens is 328 g/mol. The molecule has 1 aliphatic rings. The molecule has 1 saturated heterocycles. The standard InChI is InChI=1S/C19H24N6O/c20-18-22-16-15(11-21-24-16)17(23-18)25-10-4-8-19(12-25,13-26)9-7-14-5-2-1-3-6-14/h1-3,5-6,11,26H,4,7-10,12-13H2,(H3,20,21,22,23,24)/t19-/m0/s1. The molecule has 4 N–H and O–H groups in total. The predicted molar refractivity (Wildman–Crippen MR) is 102 cm³/mol. The third-order valence-electron chi connectivity index (χ3n) is 5.39. The quantitative estimate of drug-likeness (QED) is 0.650. The van der Waals surface area contributed by atoms with Gasteiger partial charge in [-0.05, 0) is 31.2 Å². The number of fused-ring (bicyclic) bond motifs is 1. The Balaban J connectivity index is 1.58. The van der Waals surface area contributed by atoms with Gasteiger partial charge in [-0.3, -0.25) is 5.10 Å². The molecule has 7 heteroatoms. The van der Waals surface area contributed by atoms with Crippen LogP contribution in [-0.4, -0.2) is 45.0 Å². The van der Waals surface area contributed by atoms with Crippen LogP contribution < -0.4 is 10.6 Å². The molecule has 26 heavy (non-hydrogen) atoms. The number of aliphatic hydroxyl groups excluding tert-OH is 1. The van der Waals surface area contributed by atoms with Gasteiger partial charge in [0.2, 0.25) is 5.95 Å². The monoisotopic (exact) mass is 352 g/mol. The molecule has 1 aliphatic heterocycles. The van der Waals surface area contributed by atoms with Crippen molar-refractivity contribution in [1.29, 1.82) is 0 Å². The van der Waals surface area contributed by atoms with Crippen molar-refractivity contribution in [3.8, 4) is 0 Å². The van der Waals surface area contributed by atoms with E-state index in [1.54, 1.807) is 6.20 Å². The van der Waals surface area contributed by atoms with Crippen LogP contribution in [0.5, 0.6) is 0 Å². The maximum atomic E-state index is 10.2. The molecule has 3 aromatic rings. The van der Waals surface area contributed by atoms with E-state index in [0.29, 0.717) is 5.65 Å². The van der Waals surface area contributed by atoms with Crippen molar-refractivity contribution in [2.75, 3.05) is 30.3 Å². The van der Waals surface area contributed by atoms with Crippen LogP contribution in [0.3, 0.4) is 0 Å². The first-order chi connectivity index (χ1) is 12.7. The van der Waals surface area contributed by atoms with Gasteiger partial charge < -0.3 is 15.7 Å². The van der Waals surface area contributed by atoms with Crippen LogP contribution in [0.15, 0.2) is 36.5 Å². The minimum Gasteiger partial charge on any atom is -0.396 e. The van der Waals surface area contributed by atoms with E-state index in [9.17, 15) is 5.11 Å². The lowest BCUT2D eigenvalue weighted by Gasteiger charge is -2.42. The van der Waals surface area contributed by atoms with Crippen LogP contribution in [0.25, 0.3) is 11.0 Å². The second-order valence-electron chi connectivity index (χ2n) is 7.21. The Bertz CT molecular complexity index is 880. The summed E-state index contributed by atoms with van der Waals surface area (Å²) in [5.41, 5.74) is 7.70. The van der Waals surface area contributed by atoms with Gasteiger partial charge in [0.25, 0.3) is 0 Å². The summed E-state index contributed by atoms with van der Waals surface area (Å²) in [5, 5.41) is 18.0. The van der Waals surface area contributed by atoms with E-state index in [2.05, 4.69) is 49.3 Å². The predicted octanol–water partition coefficient (Wildman–Crippen LogP) is 2.15. The lowest BCUT2D eigenvalue weighted by atomic mass is 9.76. The maximum absolute atomic E-state index is 10.2. The van der Waals surface area contributed by atoms with E-state index in [1.165, 1.54) is 5.56 Å². The van der Waals surface area contributed by atoms with Gasteiger partial charge in [-0.15, -0.1) is 0 Å². The van der Waals surface area contributed by atoms with Crippen molar-refractivity contribution in [2.24, 2.45) is 5.41 Å². The van der Waals surface area contributed by atoms with E-state index < -0.39 is 0 Å². The number of aromatic amines is 1. The van der Waals surface area contributed by atoms with Crippen LogP contribution >= 0.6 is 0 Å². The Hall–Kier alpha value is -2.67. The van der Waals surface area contributed by atoms with E-state index in [-0.39, 0.29) is 18.0 Å². The number of nitrogens with one attached hydrogen (secondary N) is 1. The summed E-state index contributed by atoms with van der Waals surface area (Å²) in [6.07, 6.45) is 5.67. The molecule has 0 amide bonds. The van der Waals surface area contributed by atoms with Gasteiger partial charge in [0.15, 0.2) is 5.65 Å². The van der Waals surface area contributed by atoms with Crippen molar-refractivity contribution in [2.45, 2.75) is 25.7 Å². The number of rotatable bonds is 5. The first-order valence-corrected chi connectivity index (χ1v) is 9.05. The largest absolute Gasteiger partial charge is 0.396 e. The highest BCUT2D eigenvalue weighted by Gasteiger charge is 2.36. The summed E-state index contributed by atoms with van der Waals surface area (Å²) in [6, 6.07) is 10.4. The van der Waals surface area contributed by atoms with Gasteiger partial charge in [-0.1, -0.05) is 30.3 Å². The maximum Gasteiger partial charge on any atom is 0.224 e. The second-order valence-corrected chi connectivity index (χ2v) is 7.21. The Morgan fingerprint density at radius 2 is 2.08 bits per heavy atom. The molecule has 0 saturated carbocycles. The number of nitrogens with two attached hydrogens (primary N) is 1. The smallest absolute Gasteiger partial charge is 0.224 e. The van der Waals surface area contributed by atoms with Crippen LogP contribution in [0.1, 0.15) is 24.8 Å². The molecule has 3 heterocycles. The molecule has 0 aliphatic carbocycles. The van der Waals surface area contributed by atoms with E-state index in [4.69, 9.17) is 5.73 Å². The summed E-state index contributed by atoms with van der Waals surface area (Å²) in [5.74, 6) is 1.04. The average molecular weight is 352 g/mol. The molecule has 136 valence electrons. The number of aryl methyl sites for hydroxylation is 1. The van der Waals surface area contributed by atoms with Gasteiger partial charge in [-0.25, -0.2) is 0 Å². The third-order valence-corrected chi connectivity index (χ3v) is 5.39. The van der Waals surface area contributed by atoms with Crippen molar-refractivity contribution in [3.63, 3.8) is 0 Å². The van der Waals surface area contributed by atoms with E-state index in [1.807, 2.05) is 6.07 Å². The zero-order valence-corrected chi connectivity index (χ0v) is 14.7. The molecule has 2 aromatic heterocycles. The number of benzene rings is 1. The fourth-order valence-corrected chi connectivity index (χ4v) is 3.93. The molecule has 1 aromatic carbocycles. The number of aromatic nitrogens is 4. The Kier molecular flexibility index (Phi) is 4.46. The molecule has 0 radical (unpaired) electrons. The lowest BCUT2D eigenvalue weighted by molar-refractivity contribution is 0.0964. The number of piperidine rings is 1. The molecule has 0 unspecified atom stereocenters. The lowest BCUT2D eigenvalue weighted by Crippen LogP contribution is -2.46. The summed E-state index contributed by atoms with van der Waals surface area (Å²) in [7, 11) is 0. The van der Waals surface area contributed by atoms with Crippen LogP contribution in [-0.2, 0) is 6.42 Å². The first-order valence-electron chi connectivity index (χ1n) is 9.05. The fourth-order valence-electron chi connectivity index (χ4n) is 3.93. The highest BCUT2D eigenvalue weighted by atomic mass is 16.3. The van der Waals surface area contributed by atoms with Gasteiger partial charge >= 0.3 is 0 Å². The minimum atomic E-state index is -0.135. The average Bonchev–Trinajstić information content (AvgIpc) is 3.15. The number of anilines is 2. The molecular formula is C19H24N6O. The number of nitrogen functional groups attached to an aromatic ring is 1. The molecule has 1 atom stereocenters. The molecule has 0 spiro atoms. The summed E-state index contributed by atoms with van der Waals surface area (Å²) in [4.78, 5) is 10.9. The first kappa shape index (κ1) is 16.8. The summed E-state index contributed by atoms with van der Waals surface area (Å²) >= 11 is 0. The fraction of sp³-hybridized carbons (Fsp3) is 0.421. The SMILES string of the molecule is Nc1nc(N2CCC[C@](CO)(CCc3ccccc3)C2)c2cn[nH]c2n1. The van der Waals surface area contributed by atoms with Crippen LogP contribution in [0, 0.1) is 5.41 Å². The number of aliphatic hydroxyl groups is 1. The van der Waals surface area contributed by atoms with Crippen LogP contribution in [0.2, 0.25) is 0 Å². The molecule has 4 rings (SSSR count). The topological polar surface area (TPSA) is 104 Å². The van der Waals surface area contributed by atoms with Crippen LogP contribution in [0.4, 0.5) is 11.8 Å². The number of H-pyrrole nitrogens is 1. The Morgan fingerprint density at radius 1 is 1.23 bits per heavy atom. The summed E-state index contributed by atoms with van der Waals surface area (Å²) < 4.78 is 0. The number of nitrogens with zero attached hydrogens (tertiary/aromatic N) is 4. The van der Waals surface area contributed by atoms with Crippen molar-refractivity contribution in [1.82, 2.24) is 20.2 Å². The van der Waals surface area contributed by atoms with Crippen molar-refractivity contribution < 1.29 is 5.11 Å². The Morgan fingerprint density at radius 3 is 2.88 bits per heavy atom. The molecule has 1 fully saturated rings.